The smallest absolute Gasteiger partial charge is 0.287 e. The van der Waals surface area contributed by atoms with E-state index in [1.165, 1.54) is 0 Å². The molecule has 6 nitrogen and oxygen atoms in total. The van der Waals surface area contributed by atoms with Crippen LogP contribution in [0.3, 0.4) is 0 Å². The molecule has 1 amide bonds. The van der Waals surface area contributed by atoms with Gasteiger partial charge in [0.25, 0.3) is 5.91 Å². The molecule has 0 bridgehead atoms. The second-order valence-electron chi connectivity index (χ2n) is 7.10. The number of amides is 1. The van der Waals surface area contributed by atoms with Crippen LogP contribution in [0, 0.1) is 6.92 Å². The Kier molecular flexibility index (Phi) is 6.19. The highest BCUT2D eigenvalue weighted by atomic mass is 16.5. The highest BCUT2D eigenvalue weighted by Crippen LogP contribution is 2.28. The van der Waals surface area contributed by atoms with E-state index in [9.17, 15) is 4.79 Å². The van der Waals surface area contributed by atoms with Crippen molar-refractivity contribution in [3.05, 3.63) is 70.9 Å². The van der Waals surface area contributed by atoms with E-state index in [1.807, 2.05) is 36.9 Å². The molecule has 28 heavy (non-hydrogen) atoms. The molecule has 2 heterocycles. The Bertz CT molecular complexity index is 940. The molecule has 0 aliphatic rings. The molecule has 0 spiro atoms. The Morgan fingerprint density at radius 3 is 2.79 bits per heavy atom. The molecule has 0 radical (unpaired) electrons. The summed E-state index contributed by atoms with van der Waals surface area (Å²) < 4.78 is 13.4. The maximum absolute atomic E-state index is 12.3. The summed E-state index contributed by atoms with van der Waals surface area (Å²) in [5, 5.41) is 7.17. The van der Waals surface area contributed by atoms with Crippen molar-refractivity contribution in [2.75, 3.05) is 0 Å². The summed E-state index contributed by atoms with van der Waals surface area (Å²) in [4.78, 5) is 12.3. The number of furan rings is 1. The molecule has 0 aliphatic heterocycles. The predicted octanol–water partition coefficient (Wildman–Crippen LogP) is 4.44. The summed E-state index contributed by atoms with van der Waals surface area (Å²) in [5.74, 6) is 1.82. The molecule has 6 heteroatoms. The van der Waals surface area contributed by atoms with Gasteiger partial charge in [0.15, 0.2) is 5.76 Å². The van der Waals surface area contributed by atoms with Crippen LogP contribution >= 0.6 is 0 Å². The number of carbonyl (C=O) groups excluding carboxylic acids is 1. The fourth-order valence-corrected chi connectivity index (χ4v) is 2.90. The van der Waals surface area contributed by atoms with Crippen LogP contribution in [0.25, 0.3) is 0 Å². The molecule has 0 aliphatic carbocycles. The third kappa shape index (κ3) is 4.82. The van der Waals surface area contributed by atoms with Gasteiger partial charge in [-0.15, -0.1) is 0 Å². The molecule has 0 unspecified atom stereocenters. The number of benzene rings is 1. The zero-order valence-corrected chi connectivity index (χ0v) is 16.9. The van der Waals surface area contributed by atoms with E-state index in [1.54, 1.807) is 12.1 Å². The molecule has 1 N–H and O–H groups in total. The van der Waals surface area contributed by atoms with Crippen molar-refractivity contribution in [3.63, 3.8) is 0 Å². The Morgan fingerprint density at radius 1 is 1.25 bits per heavy atom. The molecule has 1 aromatic carbocycles. The minimum absolute atomic E-state index is 0.266. The van der Waals surface area contributed by atoms with Crippen LogP contribution < -0.4 is 10.1 Å². The zero-order valence-electron chi connectivity index (χ0n) is 16.9. The highest BCUT2D eigenvalue weighted by Gasteiger charge is 2.13. The van der Waals surface area contributed by atoms with Gasteiger partial charge in [0.2, 0.25) is 0 Å². The van der Waals surface area contributed by atoms with Gasteiger partial charge in [0, 0.05) is 12.7 Å². The summed E-state index contributed by atoms with van der Waals surface area (Å²) in [6.07, 6.45) is 1.89. The van der Waals surface area contributed by atoms with Crippen LogP contribution in [0.2, 0.25) is 0 Å². The van der Waals surface area contributed by atoms with Gasteiger partial charge in [-0.1, -0.05) is 26.0 Å². The first-order chi connectivity index (χ1) is 13.5. The van der Waals surface area contributed by atoms with Crippen molar-refractivity contribution in [2.24, 2.45) is 0 Å². The lowest BCUT2D eigenvalue weighted by Crippen LogP contribution is -2.22. The van der Waals surface area contributed by atoms with Gasteiger partial charge < -0.3 is 14.5 Å². The number of hydrogen-bond donors (Lipinski definition) is 1. The monoisotopic (exact) mass is 381 g/mol. The number of ether oxygens (including phenoxy) is 1. The highest BCUT2D eigenvalue weighted by molar-refractivity contribution is 5.91. The number of nitrogens with one attached hydrogen (secondary N) is 1. The number of hydrogen-bond acceptors (Lipinski definition) is 4. The molecule has 3 aromatic rings. The summed E-state index contributed by atoms with van der Waals surface area (Å²) in [5.41, 5.74) is 3.11. The van der Waals surface area contributed by atoms with Crippen molar-refractivity contribution in [1.82, 2.24) is 15.1 Å². The third-order valence-corrected chi connectivity index (χ3v) is 4.50. The quantitative estimate of drug-likeness (QED) is 0.626. The first-order valence-electron chi connectivity index (χ1n) is 9.59. The van der Waals surface area contributed by atoms with Gasteiger partial charge in [-0.3, -0.25) is 9.48 Å². The number of nitrogens with zero attached hydrogens (tertiary/aromatic N) is 2. The molecule has 0 atom stereocenters. The van der Waals surface area contributed by atoms with Gasteiger partial charge >= 0.3 is 0 Å². The van der Waals surface area contributed by atoms with Crippen LogP contribution in [0.4, 0.5) is 0 Å². The normalized spacial score (nSPS) is 11.0. The summed E-state index contributed by atoms with van der Waals surface area (Å²) >= 11 is 0. The number of carbonyl (C=O) groups is 1. The fraction of sp³-hybridized carbons (Fsp3) is 0.364. The maximum atomic E-state index is 12.3. The van der Waals surface area contributed by atoms with E-state index in [-0.39, 0.29) is 18.3 Å². The largest absolute Gasteiger partial charge is 0.485 e. The van der Waals surface area contributed by atoms with E-state index < -0.39 is 0 Å². The van der Waals surface area contributed by atoms with E-state index in [2.05, 4.69) is 36.4 Å². The van der Waals surface area contributed by atoms with Gasteiger partial charge in [-0.05, 0) is 55.2 Å². The van der Waals surface area contributed by atoms with Crippen LogP contribution in [-0.2, 0) is 19.7 Å². The van der Waals surface area contributed by atoms with Crippen molar-refractivity contribution in [1.29, 1.82) is 0 Å². The third-order valence-electron chi connectivity index (χ3n) is 4.50. The van der Waals surface area contributed by atoms with E-state index in [0.717, 1.165) is 29.1 Å². The van der Waals surface area contributed by atoms with Gasteiger partial charge in [-0.25, -0.2) is 0 Å². The second kappa shape index (κ2) is 8.78. The molecule has 0 fully saturated rings. The molecule has 0 saturated carbocycles. The number of aromatic nitrogens is 2. The second-order valence-corrected chi connectivity index (χ2v) is 7.10. The Labute approximate surface area is 165 Å². The summed E-state index contributed by atoms with van der Waals surface area (Å²) in [6.45, 7) is 9.76. The average Bonchev–Trinajstić information content (AvgIpc) is 3.33. The van der Waals surface area contributed by atoms with Crippen molar-refractivity contribution in [2.45, 2.75) is 53.3 Å². The van der Waals surface area contributed by atoms with Crippen LogP contribution in [0.5, 0.6) is 5.75 Å². The topological polar surface area (TPSA) is 69.3 Å². The zero-order chi connectivity index (χ0) is 20.1. The number of rotatable bonds is 8. The Balaban J connectivity index is 1.58. The van der Waals surface area contributed by atoms with Crippen molar-refractivity contribution in [3.8, 4) is 5.75 Å². The average molecular weight is 381 g/mol. The van der Waals surface area contributed by atoms with Gasteiger partial charge in [-0.2, -0.15) is 5.10 Å². The van der Waals surface area contributed by atoms with Gasteiger partial charge in [0.05, 0.1) is 12.2 Å². The lowest BCUT2D eigenvalue weighted by atomic mass is 10.0. The minimum atomic E-state index is -0.268. The first kappa shape index (κ1) is 19.7. The maximum Gasteiger partial charge on any atom is 0.287 e. The Hall–Kier alpha value is -3.02. The molecule has 3 rings (SSSR count). The SMILES string of the molecule is CCn1ccc(CNC(=O)c2ccc(COc3cc(C)ccc3C(C)C)o2)n1. The van der Waals surface area contributed by atoms with Crippen molar-refractivity contribution < 1.29 is 13.9 Å². The minimum Gasteiger partial charge on any atom is -0.485 e. The van der Waals surface area contributed by atoms with Crippen LogP contribution in [-0.4, -0.2) is 15.7 Å². The first-order valence-corrected chi connectivity index (χ1v) is 9.59. The predicted molar refractivity (Wildman–Crippen MR) is 107 cm³/mol. The lowest BCUT2D eigenvalue weighted by Gasteiger charge is -2.14. The summed E-state index contributed by atoms with van der Waals surface area (Å²) in [6, 6.07) is 11.5. The van der Waals surface area contributed by atoms with Crippen LogP contribution in [0.15, 0.2) is 47.0 Å². The van der Waals surface area contributed by atoms with Crippen LogP contribution in [0.1, 0.15) is 59.8 Å². The molecular formula is C22H27N3O3. The number of aryl methyl sites for hydroxylation is 2. The standard InChI is InChI=1S/C22H27N3O3/c1-5-25-11-10-17(24-25)13-23-22(26)20-9-7-18(28-20)14-27-21-12-16(4)6-8-19(21)15(2)3/h6-12,15H,5,13-14H2,1-4H3,(H,23,26). The van der Waals surface area contributed by atoms with Gasteiger partial charge in [0.1, 0.15) is 18.1 Å². The van der Waals surface area contributed by atoms with E-state index >= 15 is 0 Å². The molecular weight excluding hydrogens is 354 g/mol. The Morgan fingerprint density at radius 2 is 2.07 bits per heavy atom. The van der Waals surface area contributed by atoms with E-state index in [4.69, 9.17) is 9.15 Å². The van der Waals surface area contributed by atoms with Crippen molar-refractivity contribution >= 4 is 5.91 Å². The summed E-state index contributed by atoms with van der Waals surface area (Å²) in [7, 11) is 0. The molecule has 0 saturated heterocycles. The lowest BCUT2D eigenvalue weighted by molar-refractivity contribution is 0.0918. The fourth-order valence-electron chi connectivity index (χ4n) is 2.90. The van der Waals surface area contributed by atoms with E-state index in [0.29, 0.717) is 18.2 Å². The molecule has 148 valence electrons. The molecule has 2 aromatic heterocycles.